The molecule has 2 aromatic rings. The number of nitrogens with zero attached hydrogens (tertiary/aromatic N) is 3. The summed E-state index contributed by atoms with van der Waals surface area (Å²) in [5.41, 5.74) is 1.17. The molecule has 0 fully saturated rings. The summed E-state index contributed by atoms with van der Waals surface area (Å²) in [5.74, 6) is 1.07. The lowest BCUT2D eigenvalue weighted by atomic mass is 10.0. The Morgan fingerprint density at radius 3 is 2.60 bits per heavy atom. The Labute approximate surface area is 123 Å². The van der Waals surface area contributed by atoms with Crippen LogP contribution >= 0.6 is 11.6 Å². The maximum Gasteiger partial charge on any atom is 0.329 e. The van der Waals surface area contributed by atoms with Gasteiger partial charge < -0.3 is 9.47 Å². The normalized spacial score (nSPS) is 10.7. The predicted octanol–water partition coefficient (Wildman–Crippen LogP) is 3.84. The lowest BCUT2D eigenvalue weighted by molar-refractivity contribution is 0.303. The van der Waals surface area contributed by atoms with Crippen molar-refractivity contribution in [2.24, 2.45) is 0 Å². The molecule has 106 valence electrons. The van der Waals surface area contributed by atoms with Gasteiger partial charge in [0.1, 0.15) is 5.75 Å². The first-order valence-corrected chi connectivity index (χ1v) is 6.78. The minimum Gasteiger partial charge on any atom is -0.464 e. The SMILES string of the molecule is CCOc1nc(Cl)nc(Oc2cccc(C(C)C)c2)n1. The van der Waals surface area contributed by atoms with Crippen molar-refractivity contribution < 1.29 is 9.47 Å². The molecular weight excluding hydrogens is 278 g/mol. The molecule has 0 saturated heterocycles. The van der Waals surface area contributed by atoms with Crippen molar-refractivity contribution in [3.05, 3.63) is 35.1 Å². The molecule has 1 aromatic heterocycles. The number of halogens is 1. The molecule has 0 amide bonds. The van der Waals surface area contributed by atoms with E-state index >= 15 is 0 Å². The van der Waals surface area contributed by atoms with Gasteiger partial charge in [0.25, 0.3) is 0 Å². The first-order valence-electron chi connectivity index (χ1n) is 6.40. The highest BCUT2D eigenvalue weighted by molar-refractivity contribution is 6.28. The van der Waals surface area contributed by atoms with Crippen molar-refractivity contribution in [1.82, 2.24) is 15.0 Å². The molecule has 0 aliphatic carbocycles. The number of ether oxygens (including phenoxy) is 2. The fourth-order valence-corrected chi connectivity index (χ4v) is 1.74. The van der Waals surface area contributed by atoms with Crippen molar-refractivity contribution in [2.45, 2.75) is 26.7 Å². The van der Waals surface area contributed by atoms with Crippen LogP contribution in [0.2, 0.25) is 5.28 Å². The first-order chi connectivity index (χ1) is 9.58. The Morgan fingerprint density at radius 1 is 1.15 bits per heavy atom. The summed E-state index contributed by atoms with van der Waals surface area (Å²) in [6.45, 7) is 6.52. The number of rotatable bonds is 5. The average molecular weight is 294 g/mol. The fraction of sp³-hybridized carbons (Fsp3) is 0.357. The van der Waals surface area contributed by atoms with Gasteiger partial charge in [-0.3, -0.25) is 0 Å². The molecule has 0 unspecified atom stereocenters. The van der Waals surface area contributed by atoms with E-state index in [1.54, 1.807) is 0 Å². The van der Waals surface area contributed by atoms with Gasteiger partial charge in [-0.2, -0.15) is 9.97 Å². The van der Waals surface area contributed by atoms with E-state index in [1.807, 2.05) is 31.2 Å². The molecule has 0 aliphatic rings. The minimum atomic E-state index is 0.0402. The molecule has 0 N–H and O–H groups in total. The van der Waals surface area contributed by atoms with Gasteiger partial charge in [-0.1, -0.05) is 26.0 Å². The van der Waals surface area contributed by atoms with Gasteiger partial charge in [0, 0.05) is 0 Å². The van der Waals surface area contributed by atoms with Gasteiger partial charge in [0.15, 0.2) is 0 Å². The average Bonchev–Trinajstić information content (AvgIpc) is 2.38. The van der Waals surface area contributed by atoms with Crippen LogP contribution in [-0.4, -0.2) is 21.6 Å². The van der Waals surface area contributed by atoms with Crippen LogP contribution in [0.1, 0.15) is 32.3 Å². The van der Waals surface area contributed by atoms with Crippen LogP contribution in [0, 0.1) is 0 Å². The molecule has 0 spiro atoms. The molecule has 0 aliphatic heterocycles. The third-order valence-electron chi connectivity index (χ3n) is 2.57. The molecule has 0 atom stereocenters. The maximum atomic E-state index is 5.81. The van der Waals surface area contributed by atoms with E-state index in [0.29, 0.717) is 18.3 Å². The maximum absolute atomic E-state index is 5.81. The van der Waals surface area contributed by atoms with Crippen molar-refractivity contribution in [1.29, 1.82) is 0 Å². The molecule has 20 heavy (non-hydrogen) atoms. The molecule has 2 rings (SSSR count). The molecule has 0 radical (unpaired) electrons. The van der Waals surface area contributed by atoms with Crippen LogP contribution in [-0.2, 0) is 0 Å². The first kappa shape index (κ1) is 14.5. The zero-order valence-electron chi connectivity index (χ0n) is 11.6. The molecule has 0 bridgehead atoms. The van der Waals surface area contributed by atoms with Gasteiger partial charge >= 0.3 is 12.0 Å². The van der Waals surface area contributed by atoms with Crippen molar-refractivity contribution in [3.63, 3.8) is 0 Å². The van der Waals surface area contributed by atoms with E-state index in [1.165, 1.54) is 5.56 Å². The molecule has 1 heterocycles. The van der Waals surface area contributed by atoms with Gasteiger partial charge in [0.2, 0.25) is 5.28 Å². The highest BCUT2D eigenvalue weighted by atomic mass is 35.5. The Bertz CT molecular complexity index is 590. The van der Waals surface area contributed by atoms with E-state index in [4.69, 9.17) is 21.1 Å². The zero-order valence-corrected chi connectivity index (χ0v) is 12.4. The smallest absolute Gasteiger partial charge is 0.329 e. The van der Waals surface area contributed by atoms with Gasteiger partial charge in [-0.25, -0.2) is 0 Å². The monoisotopic (exact) mass is 293 g/mol. The Hall–Kier alpha value is -1.88. The van der Waals surface area contributed by atoms with E-state index in [0.717, 1.165) is 0 Å². The largest absolute Gasteiger partial charge is 0.464 e. The van der Waals surface area contributed by atoms with Crippen molar-refractivity contribution in [2.75, 3.05) is 6.61 Å². The molecule has 6 heteroatoms. The number of hydrogen-bond donors (Lipinski definition) is 0. The summed E-state index contributed by atoms with van der Waals surface area (Å²) in [4.78, 5) is 11.8. The summed E-state index contributed by atoms with van der Waals surface area (Å²) in [6.07, 6.45) is 0. The molecule has 1 aromatic carbocycles. The number of benzene rings is 1. The topological polar surface area (TPSA) is 57.1 Å². The fourth-order valence-electron chi connectivity index (χ4n) is 1.60. The van der Waals surface area contributed by atoms with Crippen LogP contribution < -0.4 is 9.47 Å². The van der Waals surface area contributed by atoms with Crippen LogP contribution in [0.15, 0.2) is 24.3 Å². The highest BCUT2D eigenvalue weighted by Crippen LogP contribution is 2.24. The van der Waals surface area contributed by atoms with E-state index in [-0.39, 0.29) is 17.3 Å². The van der Waals surface area contributed by atoms with Crippen molar-refractivity contribution >= 4 is 11.6 Å². The third-order valence-corrected chi connectivity index (χ3v) is 2.74. The quantitative estimate of drug-likeness (QED) is 0.838. The van der Waals surface area contributed by atoms with Crippen LogP contribution in [0.3, 0.4) is 0 Å². The Kier molecular flexibility index (Phi) is 4.74. The lowest BCUT2D eigenvalue weighted by Gasteiger charge is -2.09. The number of hydrogen-bond acceptors (Lipinski definition) is 5. The highest BCUT2D eigenvalue weighted by Gasteiger charge is 2.09. The zero-order chi connectivity index (χ0) is 14.5. The minimum absolute atomic E-state index is 0.0402. The van der Waals surface area contributed by atoms with E-state index in [9.17, 15) is 0 Å². The summed E-state index contributed by atoms with van der Waals surface area (Å²) in [5, 5.41) is 0.0402. The second-order valence-electron chi connectivity index (χ2n) is 4.43. The standard InChI is InChI=1S/C14H16ClN3O2/c1-4-19-13-16-12(15)17-14(18-13)20-11-7-5-6-10(8-11)9(2)3/h5-9H,4H2,1-3H3. The second-order valence-corrected chi connectivity index (χ2v) is 4.77. The molecule has 5 nitrogen and oxygen atoms in total. The Morgan fingerprint density at radius 2 is 1.90 bits per heavy atom. The van der Waals surface area contributed by atoms with Crippen LogP contribution in [0.5, 0.6) is 17.8 Å². The van der Waals surface area contributed by atoms with Crippen molar-refractivity contribution in [3.8, 4) is 17.8 Å². The Balaban J connectivity index is 2.23. The van der Waals surface area contributed by atoms with Crippen LogP contribution in [0.4, 0.5) is 0 Å². The van der Waals surface area contributed by atoms with E-state index < -0.39 is 0 Å². The van der Waals surface area contributed by atoms with Gasteiger partial charge in [0.05, 0.1) is 6.61 Å². The number of aromatic nitrogens is 3. The van der Waals surface area contributed by atoms with Crippen LogP contribution in [0.25, 0.3) is 0 Å². The lowest BCUT2D eigenvalue weighted by Crippen LogP contribution is -2.01. The molecular formula is C14H16ClN3O2. The molecule has 0 saturated carbocycles. The second kappa shape index (κ2) is 6.52. The van der Waals surface area contributed by atoms with Gasteiger partial charge in [-0.15, -0.1) is 4.98 Å². The van der Waals surface area contributed by atoms with E-state index in [2.05, 4.69) is 28.8 Å². The predicted molar refractivity (Wildman–Crippen MR) is 76.6 cm³/mol. The summed E-state index contributed by atoms with van der Waals surface area (Å²) >= 11 is 5.81. The van der Waals surface area contributed by atoms with Gasteiger partial charge in [-0.05, 0) is 42.1 Å². The summed E-state index contributed by atoms with van der Waals surface area (Å²) in [6, 6.07) is 8.03. The summed E-state index contributed by atoms with van der Waals surface area (Å²) in [7, 11) is 0. The summed E-state index contributed by atoms with van der Waals surface area (Å²) < 4.78 is 10.8. The third kappa shape index (κ3) is 3.81.